The average molecular weight is 227 g/mol. The number of carbonyl (C=O) groups is 1. The molecule has 2 nitrogen and oxygen atoms in total. The Morgan fingerprint density at radius 3 is 2.75 bits per heavy atom. The summed E-state index contributed by atoms with van der Waals surface area (Å²) >= 11 is 3.34. The molecule has 0 fully saturated rings. The van der Waals surface area contributed by atoms with E-state index in [-0.39, 0.29) is 5.97 Å². The summed E-state index contributed by atoms with van der Waals surface area (Å²) in [5.41, 5.74) is 1.55. The highest BCUT2D eigenvalue weighted by Crippen LogP contribution is 2.40. The molecule has 0 aromatic heterocycles. The van der Waals surface area contributed by atoms with Gasteiger partial charge in [0.05, 0.1) is 5.56 Å². The Labute approximate surface area is 78.7 Å². The van der Waals surface area contributed by atoms with Crippen LogP contribution in [0.4, 0.5) is 0 Å². The molecule has 0 spiro atoms. The lowest BCUT2D eigenvalue weighted by Crippen LogP contribution is -2.11. The van der Waals surface area contributed by atoms with Crippen molar-refractivity contribution in [3.63, 3.8) is 0 Å². The minimum atomic E-state index is -0.638. The largest absolute Gasteiger partial charge is 0.439 e. The molecule has 1 aliphatic rings. The molecule has 3 heteroatoms. The maximum atomic E-state index is 11.2. The van der Waals surface area contributed by atoms with E-state index in [1.54, 1.807) is 6.07 Å². The Morgan fingerprint density at radius 1 is 1.42 bits per heavy atom. The Hall–Kier alpha value is -0.830. The average Bonchev–Trinajstić information content (AvgIpc) is 2.25. The van der Waals surface area contributed by atoms with Crippen LogP contribution in [0.2, 0.25) is 0 Å². The predicted molar refractivity (Wildman–Crippen MR) is 48.1 cm³/mol. The maximum Gasteiger partial charge on any atom is 0.340 e. The first-order valence-electron chi connectivity index (χ1n) is 3.63. The number of halogens is 1. The van der Waals surface area contributed by atoms with Crippen LogP contribution in [-0.2, 0) is 9.25 Å². The highest BCUT2D eigenvalue weighted by molar-refractivity contribution is 9.09. The van der Waals surface area contributed by atoms with Crippen LogP contribution in [0.5, 0.6) is 0 Å². The van der Waals surface area contributed by atoms with Crippen LogP contribution in [0.25, 0.3) is 0 Å². The van der Waals surface area contributed by atoms with E-state index in [2.05, 4.69) is 15.9 Å². The van der Waals surface area contributed by atoms with E-state index < -0.39 is 4.51 Å². The molecule has 2 rings (SSSR count). The number of hydrogen-bond acceptors (Lipinski definition) is 2. The van der Waals surface area contributed by atoms with Crippen LogP contribution in [-0.4, -0.2) is 5.97 Å². The van der Waals surface area contributed by atoms with Crippen molar-refractivity contribution in [1.82, 2.24) is 0 Å². The van der Waals surface area contributed by atoms with Gasteiger partial charge in [0.15, 0.2) is 4.51 Å². The lowest BCUT2D eigenvalue weighted by atomic mass is 10.1. The van der Waals surface area contributed by atoms with Gasteiger partial charge in [-0.2, -0.15) is 0 Å². The Bertz CT molecular complexity index is 344. The van der Waals surface area contributed by atoms with Gasteiger partial charge in [0.25, 0.3) is 0 Å². The molecule has 0 saturated heterocycles. The summed E-state index contributed by atoms with van der Waals surface area (Å²) < 4.78 is 4.46. The van der Waals surface area contributed by atoms with Crippen molar-refractivity contribution in [1.29, 1.82) is 0 Å². The van der Waals surface area contributed by atoms with Crippen molar-refractivity contribution in [2.45, 2.75) is 11.4 Å². The minimum Gasteiger partial charge on any atom is -0.439 e. The highest BCUT2D eigenvalue weighted by Gasteiger charge is 2.38. The van der Waals surface area contributed by atoms with Gasteiger partial charge in [0.1, 0.15) is 0 Å². The fraction of sp³-hybridized carbons (Fsp3) is 0.222. The van der Waals surface area contributed by atoms with Crippen LogP contribution in [0.3, 0.4) is 0 Å². The van der Waals surface area contributed by atoms with E-state index in [4.69, 9.17) is 4.74 Å². The fourth-order valence-corrected chi connectivity index (χ4v) is 1.83. The lowest BCUT2D eigenvalue weighted by molar-refractivity contribution is 0.0356. The third-order valence-corrected chi connectivity index (χ3v) is 2.50. The summed E-state index contributed by atoms with van der Waals surface area (Å²) in [7, 11) is 0. The molecule has 1 aromatic rings. The van der Waals surface area contributed by atoms with Crippen LogP contribution < -0.4 is 0 Å². The molecule has 1 unspecified atom stereocenters. The van der Waals surface area contributed by atoms with Gasteiger partial charge < -0.3 is 4.74 Å². The molecule has 0 saturated carbocycles. The molecule has 1 aliphatic heterocycles. The third kappa shape index (κ3) is 0.966. The van der Waals surface area contributed by atoms with Gasteiger partial charge in [-0.25, -0.2) is 4.79 Å². The van der Waals surface area contributed by atoms with E-state index >= 15 is 0 Å². The second kappa shape index (κ2) is 2.33. The molecule has 0 bridgehead atoms. The number of fused-ring (bicyclic) bond motifs is 1. The summed E-state index contributed by atoms with van der Waals surface area (Å²) in [6.45, 7) is 1.82. The normalized spacial score (nSPS) is 26.7. The number of cyclic esters (lactones) is 1. The molecular formula is C9H7BrO2. The first kappa shape index (κ1) is 7.80. The number of esters is 1. The molecule has 12 heavy (non-hydrogen) atoms. The Kier molecular flexibility index (Phi) is 1.51. The Morgan fingerprint density at radius 2 is 2.08 bits per heavy atom. The quantitative estimate of drug-likeness (QED) is 0.502. The first-order chi connectivity index (χ1) is 5.61. The van der Waals surface area contributed by atoms with Crippen molar-refractivity contribution in [2.24, 2.45) is 0 Å². The van der Waals surface area contributed by atoms with E-state index in [0.717, 1.165) is 5.56 Å². The number of carbonyl (C=O) groups excluding carboxylic acids is 1. The predicted octanol–water partition coefficient (Wildman–Crippen LogP) is 2.42. The zero-order chi connectivity index (χ0) is 8.77. The van der Waals surface area contributed by atoms with Crippen LogP contribution in [0.15, 0.2) is 24.3 Å². The summed E-state index contributed by atoms with van der Waals surface area (Å²) in [6.07, 6.45) is 0. The summed E-state index contributed by atoms with van der Waals surface area (Å²) in [6, 6.07) is 7.37. The second-order valence-corrected chi connectivity index (χ2v) is 4.37. The van der Waals surface area contributed by atoms with Gasteiger partial charge >= 0.3 is 5.97 Å². The van der Waals surface area contributed by atoms with Gasteiger partial charge in [-0.05, 0) is 28.9 Å². The number of alkyl halides is 1. The first-order valence-corrected chi connectivity index (χ1v) is 4.42. The monoisotopic (exact) mass is 226 g/mol. The van der Waals surface area contributed by atoms with Crippen LogP contribution in [0, 0.1) is 0 Å². The van der Waals surface area contributed by atoms with E-state index in [1.807, 2.05) is 25.1 Å². The number of rotatable bonds is 0. The number of ether oxygens (including phenoxy) is 1. The van der Waals surface area contributed by atoms with Gasteiger partial charge in [-0.15, -0.1) is 0 Å². The van der Waals surface area contributed by atoms with Crippen LogP contribution in [0.1, 0.15) is 22.8 Å². The molecule has 1 atom stereocenters. The summed E-state index contributed by atoms with van der Waals surface area (Å²) in [5.74, 6) is -0.259. The minimum absolute atomic E-state index is 0.259. The smallest absolute Gasteiger partial charge is 0.340 e. The van der Waals surface area contributed by atoms with Gasteiger partial charge in [0, 0.05) is 5.56 Å². The second-order valence-electron chi connectivity index (χ2n) is 2.85. The van der Waals surface area contributed by atoms with Crippen molar-refractivity contribution in [2.75, 3.05) is 0 Å². The molecule has 0 radical (unpaired) electrons. The van der Waals surface area contributed by atoms with Crippen molar-refractivity contribution in [3.05, 3.63) is 35.4 Å². The van der Waals surface area contributed by atoms with E-state index in [0.29, 0.717) is 5.56 Å². The van der Waals surface area contributed by atoms with Gasteiger partial charge in [-0.1, -0.05) is 18.2 Å². The van der Waals surface area contributed by atoms with Crippen molar-refractivity contribution in [3.8, 4) is 0 Å². The van der Waals surface area contributed by atoms with Gasteiger partial charge in [0.2, 0.25) is 0 Å². The molecule has 0 amide bonds. The number of benzene rings is 1. The maximum absolute atomic E-state index is 11.2. The zero-order valence-corrected chi connectivity index (χ0v) is 8.09. The topological polar surface area (TPSA) is 26.3 Å². The molecular weight excluding hydrogens is 220 g/mol. The molecule has 1 aromatic carbocycles. The SMILES string of the molecule is CC1(Br)OC(=O)c2ccccc21. The van der Waals surface area contributed by atoms with Crippen molar-refractivity contribution >= 4 is 21.9 Å². The van der Waals surface area contributed by atoms with Gasteiger partial charge in [-0.3, -0.25) is 0 Å². The third-order valence-electron chi connectivity index (χ3n) is 1.91. The molecule has 0 N–H and O–H groups in total. The lowest BCUT2D eigenvalue weighted by Gasteiger charge is -2.14. The van der Waals surface area contributed by atoms with E-state index in [9.17, 15) is 4.79 Å². The molecule has 1 heterocycles. The molecule has 0 aliphatic carbocycles. The van der Waals surface area contributed by atoms with E-state index in [1.165, 1.54) is 0 Å². The fourth-order valence-electron chi connectivity index (χ4n) is 1.33. The van der Waals surface area contributed by atoms with Crippen molar-refractivity contribution < 1.29 is 9.53 Å². The summed E-state index contributed by atoms with van der Waals surface area (Å²) in [5, 5.41) is 0. The molecule has 62 valence electrons. The van der Waals surface area contributed by atoms with Crippen LogP contribution >= 0.6 is 15.9 Å². The standard InChI is InChI=1S/C9H7BrO2/c1-9(10)7-5-3-2-4-6(7)8(11)12-9/h2-5H,1H3. The zero-order valence-electron chi connectivity index (χ0n) is 6.50. The summed E-state index contributed by atoms with van der Waals surface area (Å²) in [4.78, 5) is 11.2. The highest BCUT2D eigenvalue weighted by atomic mass is 79.9. The Balaban J connectivity index is 2.66. The number of hydrogen-bond donors (Lipinski definition) is 0.